The van der Waals surface area contributed by atoms with Gasteiger partial charge >= 0.3 is 0 Å². The van der Waals surface area contributed by atoms with Crippen LogP contribution in [0.5, 0.6) is 0 Å². The van der Waals surface area contributed by atoms with Crippen LogP contribution < -0.4 is 10.6 Å². The van der Waals surface area contributed by atoms with E-state index in [2.05, 4.69) is 15.6 Å². The third-order valence-electron chi connectivity index (χ3n) is 2.62. The van der Waals surface area contributed by atoms with Gasteiger partial charge in [0.25, 0.3) is 0 Å². The number of aliphatic hydroxyl groups is 1. The van der Waals surface area contributed by atoms with Crippen molar-refractivity contribution in [3.63, 3.8) is 0 Å². The fourth-order valence-corrected chi connectivity index (χ4v) is 1.58. The second-order valence-electron chi connectivity index (χ2n) is 4.21. The van der Waals surface area contributed by atoms with Gasteiger partial charge in [-0.15, -0.1) is 0 Å². The van der Waals surface area contributed by atoms with E-state index < -0.39 is 6.10 Å². The number of benzene rings is 1. The van der Waals surface area contributed by atoms with Crippen LogP contribution >= 0.6 is 0 Å². The quantitative estimate of drug-likeness (QED) is 0.398. The number of hydrogen-bond acceptors (Lipinski definition) is 3. The molecule has 1 aromatic carbocycles. The zero-order valence-electron chi connectivity index (χ0n) is 11.9. The Balaban J connectivity index is 2.54. The van der Waals surface area contributed by atoms with E-state index in [0.717, 1.165) is 6.54 Å². The molecule has 0 aromatic heterocycles. The van der Waals surface area contributed by atoms with E-state index >= 15 is 0 Å². The maximum Gasteiger partial charge on any atom is 0.191 e. The van der Waals surface area contributed by atoms with E-state index in [-0.39, 0.29) is 12.4 Å². The molecule has 20 heavy (non-hydrogen) atoms. The third-order valence-corrected chi connectivity index (χ3v) is 2.62. The van der Waals surface area contributed by atoms with Gasteiger partial charge in [-0.2, -0.15) is 0 Å². The minimum atomic E-state index is -0.756. The van der Waals surface area contributed by atoms with Crippen LogP contribution in [-0.2, 0) is 4.74 Å². The zero-order chi connectivity index (χ0) is 14.8. The van der Waals surface area contributed by atoms with E-state index in [1.165, 1.54) is 12.1 Å². The fourth-order valence-electron chi connectivity index (χ4n) is 1.58. The van der Waals surface area contributed by atoms with Crippen molar-refractivity contribution in [1.29, 1.82) is 0 Å². The second kappa shape index (κ2) is 9.28. The number of ether oxygens (including phenoxy) is 1. The molecule has 0 aliphatic rings. The molecule has 1 unspecified atom stereocenters. The molecule has 0 amide bonds. The second-order valence-corrected chi connectivity index (χ2v) is 4.21. The molecule has 0 aliphatic carbocycles. The summed E-state index contributed by atoms with van der Waals surface area (Å²) in [5.41, 5.74) is 0.642. The number of aliphatic imine (C=N–C) groups is 1. The van der Waals surface area contributed by atoms with Crippen molar-refractivity contribution in [2.24, 2.45) is 4.99 Å². The number of aliphatic hydroxyl groups excluding tert-OH is 1. The number of nitrogens with one attached hydrogen (secondary N) is 2. The Morgan fingerprint density at radius 3 is 2.65 bits per heavy atom. The van der Waals surface area contributed by atoms with Gasteiger partial charge in [0.15, 0.2) is 5.96 Å². The largest absolute Gasteiger partial charge is 0.386 e. The molecule has 1 rings (SSSR count). The Morgan fingerprint density at radius 2 is 2.05 bits per heavy atom. The number of hydrogen-bond donors (Lipinski definition) is 3. The lowest BCUT2D eigenvalue weighted by Crippen LogP contribution is -2.39. The van der Waals surface area contributed by atoms with Crippen molar-refractivity contribution in [1.82, 2.24) is 10.6 Å². The molecule has 0 saturated carbocycles. The van der Waals surface area contributed by atoms with Crippen LogP contribution in [0.25, 0.3) is 0 Å². The van der Waals surface area contributed by atoms with Gasteiger partial charge in [0.05, 0.1) is 19.3 Å². The Kier molecular flexibility index (Phi) is 7.60. The highest BCUT2D eigenvalue weighted by Crippen LogP contribution is 2.13. The summed E-state index contributed by atoms with van der Waals surface area (Å²) < 4.78 is 17.7. The SMILES string of the molecule is CCNC(=NCC(O)c1ccc(F)cc1)NCCOC. The third kappa shape index (κ3) is 5.99. The molecule has 0 fully saturated rings. The summed E-state index contributed by atoms with van der Waals surface area (Å²) in [6.07, 6.45) is -0.756. The molecule has 0 aliphatic heterocycles. The maximum atomic E-state index is 12.8. The van der Waals surface area contributed by atoms with Gasteiger partial charge in [0, 0.05) is 20.2 Å². The van der Waals surface area contributed by atoms with Crippen LogP contribution in [-0.4, -0.2) is 44.4 Å². The first-order chi connectivity index (χ1) is 9.67. The van der Waals surface area contributed by atoms with Crippen LogP contribution in [0.2, 0.25) is 0 Å². The standard InChI is InChI=1S/C14H22FN3O2/c1-3-16-14(17-8-9-20-2)18-10-13(19)11-4-6-12(15)7-5-11/h4-7,13,19H,3,8-10H2,1-2H3,(H2,16,17,18). The van der Waals surface area contributed by atoms with Crippen molar-refractivity contribution in [3.8, 4) is 0 Å². The summed E-state index contributed by atoms with van der Waals surface area (Å²) in [5.74, 6) is 0.296. The molecule has 5 nitrogen and oxygen atoms in total. The summed E-state index contributed by atoms with van der Waals surface area (Å²) in [4.78, 5) is 4.28. The molecule has 112 valence electrons. The first-order valence-corrected chi connectivity index (χ1v) is 6.62. The molecule has 1 aromatic rings. The van der Waals surface area contributed by atoms with Crippen LogP contribution in [0.3, 0.4) is 0 Å². The number of rotatable bonds is 7. The molecular formula is C14H22FN3O2. The van der Waals surface area contributed by atoms with Crippen molar-refractivity contribution in [2.45, 2.75) is 13.0 Å². The number of guanidine groups is 1. The smallest absolute Gasteiger partial charge is 0.191 e. The number of nitrogens with zero attached hydrogens (tertiary/aromatic N) is 1. The van der Waals surface area contributed by atoms with Crippen molar-refractivity contribution in [3.05, 3.63) is 35.6 Å². The van der Waals surface area contributed by atoms with Crippen LogP contribution in [0.4, 0.5) is 4.39 Å². The van der Waals surface area contributed by atoms with Gasteiger partial charge in [-0.3, -0.25) is 4.99 Å². The summed E-state index contributed by atoms with van der Waals surface area (Å²) >= 11 is 0. The lowest BCUT2D eigenvalue weighted by Gasteiger charge is -2.13. The van der Waals surface area contributed by atoms with Crippen molar-refractivity contribution in [2.75, 3.05) is 33.4 Å². The molecule has 0 spiro atoms. The Hall–Kier alpha value is -1.66. The van der Waals surface area contributed by atoms with Crippen molar-refractivity contribution < 1.29 is 14.2 Å². The van der Waals surface area contributed by atoms with E-state index in [9.17, 15) is 9.50 Å². The van der Waals surface area contributed by atoms with Crippen molar-refractivity contribution >= 4 is 5.96 Å². The average Bonchev–Trinajstić information content (AvgIpc) is 2.45. The minimum Gasteiger partial charge on any atom is -0.386 e. The van der Waals surface area contributed by atoms with E-state index in [0.29, 0.717) is 24.7 Å². The first kappa shape index (κ1) is 16.4. The number of halogens is 1. The Labute approximate surface area is 118 Å². The molecular weight excluding hydrogens is 261 g/mol. The van der Waals surface area contributed by atoms with Crippen LogP contribution in [0.1, 0.15) is 18.6 Å². The monoisotopic (exact) mass is 283 g/mol. The number of methoxy groups -OCH3 is 1. The van der Waals surface area contributed by atoms with E-state index in [4.69, 9.17) is 4.74 Å². The molecule has 0 radical (unpaired) electrons. The highest BCUT2D eigenvalue weighted by Gasteiger charge is 2.07. The lowest BCUT2D eigenvalue weighted by atomic mass is 10.1. The predicted molar refractivity (Wildman–Crippen MR) is 77.2 cm³/mol. The fraction of sp³-hybridized carbons (Fsp3) is 0.500. The molecule has 0 saturated heterocycles. The average molecular weight is 283 g/mol. The molecule has 1 atom stereocenters. The molecule has 6 heteroatoms. The van der Waals surface area contributed by atoms with Crippen LogP contribution in [0, 0.1) is 5.82 Å². The Morgan fingerprint density at radius 1 is 1.35 bits per heavy atom. The van der Waals surface area contributed by atoms with Gasteiger partial charge in [-0.1, -0.05) is 12.1 Å². The summed E-state index contributed by atoms with van der Waals surface area (Å²) in [6.45, 7) is 4.10. The highest BCUT2D eigenvalue weighted by molar-refractivity contribution is 5.79. The lowest BCUT2D eigenvalue weighted by molar-refractivity contribution is 0.186. The summed E-state index contributed by atoms with van der Waals surface area (Å²) in [7, 11) is 1.63. The highest BCUT2D eigenvalue weighted by atomic mass is 19.1. The van der Waals surface area contributed by atoms with Crippen LogP contribution in [0.15, 0.2) is 29.3 Å². The van der Waals surface area contributed by atoms with E-state index in [1.807, 2.05) is 6.92 Å². The maximum absolute atomic E-state index is 12.8. The van der Waals surface area contributed by atoms with Gasteiger partial charge in [-0.25, -0.2) is 4.39 Å². The molecule has 3 N–H and O–H groups in total. The molecule has 0 bridgehead atoms. The first-order valence-electron chi connectivity index (χ1n) is 6.62. The predicted octanol–water partition coefficient (Wildman–Crippen LogP) is 1.06. The summed E-state index contributed by atoms with van der Waals surface area (Å²) in [5, 5.41) is 16.1. The molecule has 0 heterocycles. The Bertz CT molecular complexity index is 409. The zero-order valence-corrected chi connectivity index (χ0v) is 11.9. The van der Waals surface area contributed by atoms with Gasteiger partial charge in [-0.05, 0) is 24.6 Å². The van der Waals surface area contributed by atoms with Gasteiger partial charge in [0.2, 0.25) is 0 Å². The summed E-state index contributed by atoms with van der Waals surface area (Å²) in [6, 6.07) is 5.76. The van der Waals surface area contributed by atoms with Gasteiger partial charge in [0.1, 0.15) is 5.82 Å². The van der Waals surface area contributed by atoms with Gasteiger partial charge < -0.3 is 20.5 Å². The van der Waals surface area contributed by atoms with E-state index in [1.54, 1.807) is 19.2 Å². The topological polar surface area (TPSA) is 65.9 Å². The minimum absolute atomic E-state index is 0.202. The normalized spacial score (nSPS) is 13.1.